The minimum absolute atomic E-state index is 0.0900. The van der Waals surface area contributed by atoms with E-state index in [1.54, 1.807) is 0 Å². The molecule has 73 heavy (non-hydrogen) atoms. The molecule has 0 rings (SSSR count). The summed E-state index contributed by atoms with van der Waals surface area (Å²) in [6.07, 6.45) is 77.2. The molecule has 426 valence electrons. The van der Waals surface area contributed by atoms with Gasteiger partial charge in [-0.1, -0.05) is 326 Å². The Morgan fingerprint density at radius 3 is 0.836 bits per heavy atom. The molecule has 0 spiro atoms. The number of rotatable bonds is 59. The van der Waals surface area contributed by atoms with Gasteiger partial charge in [-0.15, -0.1) is 0 Å². The van der Waals surface area contributed by atoms with Crippen LogP contribution in [0.5, 0.6) is 0 Å². The summed E-state index contributed by atoms with van der Waals surface area (Å²) in [5.41, 5.74) is 0. The number of hydrogen-bond donors (Lipinski definition) is 0. The minimum atomic E-state index is -0.799. The molecule has 0 N–H and O–H groups in total. The molecule has 0 heterocycles. The van der Waals surface area contributed by atoms with Crippen LogP contribution in [0.3, 0.4) is 0 Å². The van der Waals surface area contributed by atoms with Gasteiger partial charge < -0.3 is 14.2 Å². The molecule has 0 bridgehead atoms. The third-order valence-electron chi connectivity index (χ3n) is 14.4. The highest BCUT2D eigenvalue weighted by molar-refractivity contribution is 5.71. The third kappa shape index (κ3) is 60.1. The lowest BCUT2D eigenvalue weighted by Crippen LogP contribution is -2.30. The number of esters is 3. The summed E-state index contributed by atoms with van der Waals surface area (Å²) in [6, 6.07) is 0. The standard InChI is InChI=1S/C67H122O6/c1-4-7-10-13-16-19-22-25-27-29-31-32-33-34-35-36-38-39-42-45-48-51-54-57-60-66(69)72-63-64(62-71-65(68)59-56-53-50-47-44-41-24-21-18-15-12-9-6-3)73-67(70)61-58-55-52-49-46-43-40-37-30-28-26-23-20-17-14-11-8-5-2/h9,12,18,21,41,44,50,53,64H,4-8,10-11,13-17,19-20,22-40,42-43,45-49,51-52,54-63H2,1-3H3/b12-9-,21-18-,44-41-,53-50-. The highest BCUT2D eigenvalue weighted by Crippen LogP contribution is 2.18. The number of unbranched alkanes of at least 4 members (excludes halogenated alkanes) is 40. The summed E-state index contributed by atoms with van der Waals surface area (Å²) in [6.45, 7) is 6.52. The summed E-state index contributed by atoms with van der Waals surface area (Å²) < 4.78 is 16.9. The monoisotopic (exact) mass is 1020 g/mol. The number of hydrogen-bond acceptors (Lipinski definition) is 6. The predicted molar refractivity (Wildman–Crippen MR) is 316 cm³/mol. The molecule has 0 saturated heterocycles. The first-order valence-corrected chi connectivity index (χ1v) is 32.1. The van der Waals surface area contributed by atoms with Gasteiger partial charge in [-0.05, 0) is 44.9 Å². The van der Waals surface area contributed by atoms with E-state index in [-0.39, 0.29) is 37.5 Å². The molecule has 0 aliphatic carbocycles. The molecule has 1 atom stereocenters. The Kier molecular flexibility index (Phi) is 59.7. The van der Waals surface area contributed by atoms with Crippen molar-refractivity contribution in [1.29, 1.82) is 0 Å². The average molecular weight is 1020 g/mol. The van der Waals surface area contributed by atoms with Crippen LogP contribution in [0.25, 0.3) is 0 Å². The zero-order valence-electron chi connectivity index (χ0n) is 48.9. The molecular formula is C67H122O6. The van der Waals surface area contributed by atoms with Gasteiger partial charge >= 0.3 is 17.9 Å². The van der Waals surface area contributed by atoms with Gasteiger partial charge in [0, 0.05) is 19.3 Å². The van der Waals surface area contributed by atoms with Crippen molar-refractivity contribution in [3.8, 4) is 0 Å². The van der Waals surface area contributed by atoms with Crippen molar-refractivity contribution in [2.75, 3.05) is 13.2 Å². The van der Waals surface area contributed by atoms with Crippen molar-refractivity contribution in [3.05, 3.63) is 48.6 Å². The Balaban J connectivity index is 4.28. The number of ether oxygens (including phenoxy) is 3. The SMILES string of the molecule is CC/C=C\C/C=C\C/C=C\C/C=C\CCC(=O)OCC(COC(=O)CCCCCCCCCCCCCCCCCCCCCCCCCC)OC(=O)CCCCCCCCCCCCCCCCCCCC. The molecule has 6 heteroatoms. The summed E-state index contributed by atoms with van der Waals surface area (Å²) in [5.74, 6) is -0.953. The average Bonchev–Trinajstić information content (AvgIpc) is 3.39. The fourth-order valence-corrected chi connectivity index (χ4v) is 9.58. The largest absolute Gasteiger partial charge is 0.462 e. The summed E-state index contributed by atoms with van der Waals surface area (Å²) in [7, 11) is 0. The van der Waals surface area contributed by atoms with Gasteiger partial charge in [-0.3, -0.25) is 14.4 Å². The normalized spacial score (nSPS) is 12.3. The van der Waals surface area contributed by atoms with Crippen LogP contribution in [-0.2, 0) is 28.6 Å². The van der Waals surface area contributed by atoms with Crippen LogP contribution in [-0.4, -0.2) is 37.2 Å². The van der Waals surface area contributed by atoms with Gasteiger partial charge in [0.15, 0.2) is 6.10 Å². The zero-order chi connectivity index (χ0) is 52.9. The molecule has 1 unspecified atom stereocenters. The smallest absolute Gasteiger partial charge is 0.306 e. The van der Waals surface area contributed by atoms with Crippen LogP contribution in [0, 0.1) is 0 Å². The second-order valence-corrected chi connectivity index (χ2v) is 21.7. The summed E-state index contributed by atoms with van der Waals surface area (Å²) in [5, 5.41) is 0. The van der Waals surface area contributed by atoms with Crippen molar-refractivity contribution in [2.45, 2.75) is 348 Å². The van der Waals surface area contributed by atoms with Crippen LogP contribution in [0.15, 0.2) is 48.6 Å². The first kappa shape index (κ1) is 70.4. The Bertz CT molecular complexity index is 1270. The number of allylic oxidation sites excluding steroid dienone is 8. The summed E-state index contributed by atoms with van der Waals surface area (Å²) in [4.78, 5) is 38.2. The Morgan fingerprint density at radius 1 is 0.288 bits per heavy atom. The molecule has 6 nitrogen and oxygen atoms in total. The van der Waals surface area contributed by atoms with Crippen molar-refractivity contribution >= 4 is 17.9 Å². The highest BCUT2D eigenvalue weighted by atomic mass is 16.6. The molecule has 0 aliphatic rings. The molecule has 0 aromatic heterocycles. The zero-order valence-corrected chi connectivity index (χ0v) is 48.9. The van der Waals surface area contributed by atoms with E-state index in [0.29, 0.717) is 19.3 Å². The molecule has 0 fully saturated rings. The maximum Gasteiger partial charge on any atom is 0.306 e. The Hall–Kier alpha value is -2.63. The fourth-order valence-electron chi connectivity index (χ4n) is 9.58. The first-order valence-electron chi connectivity index (χ1n) is 32.1. The van der Waals surface area contributed by atoms with E-state index in [9.17, 15) is 14.4 Å². The van der Waals surface area contributed by atoms with Gasteiger partial charge in [-0.2, -0.15) is 0 Å². The highest BCUT2D eigenvalue weighted by Gasteiger charge is 2.19. The maximum atomic E-state index is 12.9. The van der Waals surface area contributed by atoms with E-state index in [2.05, 4.69) is 63.3 Å². The van der Waals surface area contributed by atoms with Gasteiger partial charge in [-0.25, -0.2) is 0 Å². The van der Waals surface area contributed by atoms with E-state index in [0.717, 1.165) is 64.2 Å². The predicted octanol–water partition coefficient (Wildman–Crippen LogP) is 21.8. The van der Waals surface area contributed by atoms with E-state index >= 15 is 0 Å². The molecule has 0 radical (unpaired) electrons. The van der Waals surface area contributed by atoms with Crippen molar-refractivity contribution < 1.29 is 28.6 Å². The van der Waals surface area contributed by atoms with Crippen LogP contribution < -0.4 is 0 Å². The van der Waals surface area contributed by atoms with E-state index < -0.39 is 6.10 Å². The fraction of sp³-hybridized carbons (Fsp3) is 0.836. The lowest BCUT2D eigenvalue weighted by Gasteiger charge is -2.18. The van der Waals surface area contributed by atoms with Gasteiger partial charge in [0.1, 0.15) is 13.2 Å². The lowest BCUT2D eigenvalue weighted by atomic mass is 10.0. The minimum Gasteiger partial charge on any atom is -0.462 e. The van der Waals surface area contributed by atoms with E-state index in [4.69, 9.17) is 14.2 Å². The third-order valence-corrected chi connectivity index (χ3v) is 14.4. The maximum absolute atomic E-state index is 12.9. The van der Waals surface area contributed by atoms with Crippen LogP contribution in [0.1, 0.15) is 342 Å². The van der Waals surface area contributed by atoms with Crippen LogP contribution in [0.2, 0.25) is 0 Å². The molecule has 0 amide bonds. The first-order chi connectivity index (χ1) is 36.0. The molecule has 0 aromatic carbocycles. The number of carbonyl (C=O) groups excluding carboxylic acids is 3. The topological polar surface area (TPSA) is 78.9 Å². The Morgan fingerprint density at radius 2 is 0.534 bits per heavy atom. The molecule has 0 aliphatic heterocycles. The van der Waals surface area contributed by atoms with Crippen LogP contribution >= 0.6 is 0 Å². The number of carbonyl (C=O) groups is 3. The van der Waals surface area contributed by atoms with E-state index in [1.807, 2.05) is 6.08 Å². The second kappa shape index (κ2) is 61.9. The van der Waals surface area contributed by atoms with Crippen molar-refractivity contribution in [1.82, 2.24) is 0 Å². The van der Waals surface area contributed by atoms with Gasteiger partial charge in [0.05, 0.1) is 0 Å². The van der Waals surface area contributed by atoms with E-state index in [1.165, 1.54) is 231 Å². The molecular weight excluding hydrogens is 901 g/mol. The van der Waals surface area contributed by atoms with Crippen molar-refractivity contribution in [3.63, 3.8) is 0 Å². The van der Waals surface area contributed by atoms with Gasteiger partial charge in [0.25, 0.3) is 0 Å². The molecule has 0 saturated carbocycles. The Labute approximate surface area is 454 Å². The second-order valence-electron chi connectivity index (χ2n) is 21.7. The van der Waals surface area contributed by atoms with Crippen LogP contribution in [0.4, 0.5) is 0 Å². The quantitative estimate of drug-likeness (QED) is 0.0261. The molecule has 0 aromatic rings. The van der Waals surface area contributed by atoms with Gasteiger partial charge in [0.2, 0.25) is 0 Å². The summed E-state index contributed by atoms with van der Waals surface area (Å²) >= 11 is 0. The van der Waals surface area contributed by atoms with Crippen molar-refractivity contribution in [2.24, 2.45) is 0 Å². The lowest BCUT2D eigenvalue weighted by molar-refractivity contribution is -0.166.